The molecule has 1 N–H and O–H groups in total. The average molecular weight is 343 g/mol. The summed E-state index contributed by atoms with van der Waals surface area (Å²) in [6.07, 6.45) is 5.16. The zero-order chi connectivity index (χ0) is 18.1. The molecular weight excluding hydrogens is 326 g/mol. The van der Waals surface area contributed by atoms with Crippen LogP contribution in [-0.4, -0.2) is 10.9 Å². The van der Waals surface area contributed by atoms with E-state index in [-0.39, 0.29) is 17.7 Å². The van der Waals surface area contributed by atoms with Crippen molar-refractivity contribution >= 4 is 11.7 Å². The third-order valence-corrected chi connectivity index (χ3v) is 4.73. The lowest BCUT2D eigenvalue weighted by molar-refractivity contribution is -0.118. The minimum Gasteiger partial charge on any atom is -0.439 e. The third kappa shape index (κ3) is 2.66. The van der Waals surface area contributed by atoms with Crippen molar-refractivity contribution in [3.63, 3.8) is 0 Å². The van der Waals surface area contributed by atoms with E-state index in [1.54, 1.807) is 12.4 Å². The molecule has 1 amide bonds. The fourth-order valence-electron chi connectivity index (χ4n) is 3.66. The molecule has 5 nitrogen and oxygen atoms in total. The normalized spacial score (nSPS) is 18.4. The molecule has 2 aliphatic rings. The van der Waals surface area contributed by atoms with Crippen LogP contribution in [-0.2, 0) is 16.0 Å². The molecule has 0 radical (unpaired) electrons. The molecule has 1 aromatic carbocycles. The van der Waals surface area contributed by atoms with Crippen LogP contribution in [0.2, 0.25) is 0 Å². The summed E-state index contributed by atoms with van der Waals surface area (Å²) >= 11 is 0. The predicted octanol–water partition coefficient (Wildman–Crippen LogP) is 3.42. The van der Waals surface area contributed by atoms with Gasteiger partial charge in [0.15, 0.2) is 0 Å². The van der Waals surface area contributed by atoms with Gasteiger partial charge < -0.3 is 4.74 Å². The Balaban J connectivity index is 1.93. The average Bonchev–Trinajstić information content (AvgIpc) is 2.67. The number of amides is 1. The van der Waals surface area contributed by atoms with Crippen molar-refractivity contribution in [1.82, 2.24) is 10.3 Å². The number of rotatable bonds is 2. The van der Waals surface area contributed by atoms with Crippen molar-refractivity contribution < 1.29 is 9.53 Å². The smallest absolute Gasteiger partial charge is 0.223 e. The highest BCUT2D eigenvalue weighted by Crippen LogP contribution is 2.47. The maximum atomic E-state index is 11.7. The molecule has 4 rings (SSSR count). The number of fused-ring (bicyclic) bond motifs is 2. The van der Waals surface area contributed by atoms with Crippen LogP contribution < -0.4 is 5.32 Å². The minimum absolute atomic E-state index is 0.212. The summed E-state index contributed by atoms with van der Waals surface area (Å²) < 4.78 is 6.07. The Bertz CT molecular complexity index is 984. The van der Waals surface area contributed by atoms with Crippen LogP contribution in [0, 0.1) is 11.3 Å². The van der Waals surface area contributed by atoms with Gasteiger partial charge in [-0.3, -0.25) is 15.1 Å². The highest BCUT2D eigenvalue weighted by molar-refractivity contribution is 5.78. The van der Waals surface area contributed by atoms with Gasteiger partial charge in [0.05, 0.1) is 5.92 Å². The van der Waals surface area contributed by atoms with E-state index in [1.807, 2.05) is 30.3 Å². The summed E-state index contributed by atoms with van der Waals surface area (Å²) in [7, 11) is 0. The second-order valence-corrected chi connectivity index (χ2v) is 6.37. The number of ether oxygens (including phenoxy) is 1. The van der Waals surface area contributed by atoms with Crippen molar-refractivity contribution in [2.75, 3.05) is 0 Å². The van der Waals surface area contributed by atoms with Gasteiger partial charge in [0.25, 0.3) is 0 Å². The fraction of sp³-hybridized carbons (Fsp3) is 0.190. The Labute approximate surface area is 151 Å². The van der Waals surface area contributed by atoms with Gasteiger partial charge in [-0.25, -0.2) is 0 Å². The van der Waals surface area contributed by atoms with E-state index in [0.717, 1.165) is 35.3 Å². The van der Waals surface area contributed by atoms with Gasteiger partial charge in [0.1, 0.15) is 17.4 Å². The molecule has 2 heterocycles. The zero-order valence-corrected chi connectivity index (χ0v) is 14.3. The number of aromatic nitrogens is 1. The lowest BCUT2D eigenvalue weighted by atomic mass is 9.77. The van der Waals surface area contributed by atoms with Crippen LogP contribution >= 0.6 is 0 Å². The van der Waals surface area contributed by atoms with E-state index >= 15 is 0 Å². The van der Waals surface area contributed by atoms with E-state index in [1.165, 1.54) is 12.5 Å². The number of hydrogen-bond donors (Lipinski definition) is 1. The van der Waals surface area contributed by atoms with Gasteiger partial charge >= 0.3 is 0 Å². The quantitative estimate of drug-likeness (QED) is 0.906. The van der Waals surface area contributed by atoms with E-state index in [2.05, 4.69) is 22.4 Å². The number of aryl methyl sites for hydroxylation is 1. The molecule has 0 saturated heterocycles. The number of hydrogen-bond acceptors (Lipinski definition) is 4. The first kappa shape index (κ1) is 16.1. The first-order valence-corrected chi connectivity index (χ1v) is 8.50. The monoisotopic (exact) mass is 343 g/mol. The van der Waals surface area contributed by atoms with Gasteiger partial charge in [-0.05, 0) is 35.6 Å². The first-order chi connectivity index (χ1) is 12.7. The first-order valence-electron chi connectivity index (χ1n) is 8.50. The number of benzene rings is 1. The topological polar surface area (TPSA) is 75.0 Å². The molecule has 1 aromatic heterocycles. The van der Waals surface area contributed by atoms with E-state index < -0.39 is 0 Å². The van der Waals surface area contributed by atoms with Crippen molar-refractivity contribution in [3.8, 4) is 6.07 Å². The van der Waals surface area contributed by atoms with Crippen LogP contribution in [0.5, 0.6) is 0 Å². The van der Waals surface area contributed by atoms with Crippen LogP contribution in [0.1, 0.15) is 36.0 Å². The zero-order valence-electron chi connectivity index (χ0n) is 14.3. The molecule has 0 spiro atoms. The Kier molecular flexibility index (Phi) is 4.02. The Hall–Kier alpha value is -3.39. The highest BCUT2D eigenvalue weighted by atomic mass is 16.5. The van der Waals surface area contributed by atoms with Gasteiger partial charge in [0, 0.05) is 24.9 Å². The van der Waals surface area contributed by atoms with Gasteiger partial charge in [-0.2, -0.15) is 5.26 Å². The lowest BCUT2D eigenvalue weighted by Crippen LogP contribution is -2.29. The largest absolute Gasteiger partial charge is 0.439 e. The molecule has 0 saturated carbocycles. The van der Waals surface area contributed by atoms with Crippen molar-refractivity contribution in [2.24, 2.45) is 0 Å². The van der Waals surface area contributed by atoms with E-state index in [4.69, 9.17) is 4.74 Å². The molecule has 2 aromatic rings. The lowest BCUT2D eigenvalue weighted by Gasteiger charge is -2.33. The fourth-order valence-corrected chi connectivity index (χ4v) is 3.66. The highest BCUT2D eigenvalue weighted by Gasteiger charge is 2.36. The molecule has 128 valence electrons. The number of carbonyl (C=O) groups excluding carboxylic acids is 1. The molecule has 1 unspecified atom stereocenters. The molecule has 26 heavy (non-hydrogen) atoms. The summed E-state index contributed by atoms with van der Waals surface area (Å²) in [5, 5.41) is 12.5. The number of nitrogens with zero attached hydrogens (tertiary/aromatic N) is 2. The summed E-state index contributed by atoms with van der Waals surface area (Å²) in [5.74, 6) is 0.409. The maximum Gasteiger partial charge on any atom is 0.223 e. The predicted molar refractivity (Wildman–Crippen MR) is 96.2 cm³/mol. The molecule has 5 heteroatoms. The third-order valence-electron chi connectivity index (χ3n) is 4.73. The molecule has 1 aliphatic heterocycles. The number of pyridine rings is 1. The molecule has 1 atom stereocenters. The van der Waals surface area contributed by atoms with Gasteiger partial charge in [-0.1, -0.05) is 30.3 Å². The van der Waals surface area contributed by atoms with Crippen molar-refractivity contribution in [2.45, 2.75) is 25.7 Å². The summed E-state index contributed by atoms with van der Waals surface area (Å²) in [6.45, 7) is 1.41. The number of nitriles is 1. The van der Waals surface area contributed by atoms with Crippen LogP contribution in [0.15, 0.2) is 65.8 Å². The van der Waals surface area contributed by atoms with Gasteiger partial charge in [-0.15, -0.1) is 0 Å². The van der Waals surface area contributed by atoms with Crippen LogP contribution in [0.4, 0.5) is 0 Å². The molecule has 1 aliphatic carbocycles. The second-order valence-electron chi connectivity index (χ2n) is 6.37. The SMILES string of the molecule is CC(=O)NC1=C(C#N)C(c2cccnc2)C2=C(O1)c1ccccc1CC2. The number of nitrogens with one attached hydrogen (secondary N) is 1. The van der Waals surface area contributed by atoms with E-state index in [0.29, 0.717) is 5.57 Å². The number of allylic oxidation sites excluding steroid dienone is 2. The Morgan fingerprint density at radius 1 is 1.27 bits per heavy atom. The maximum absolute atomic E-state index is 11.7. The van der Waals surface area contributed by atoms with Crippen LogP contribution in [0.3, 0.4) is 0 Å². The van der Waals surface area contributed by atoms with Gasteiger partial charge in [0.2, 0.25) is 11.8 Å². The number of carbonyl (C=O) groups is 1. The molecular formula is C21H17N3O2. The Morgan fingerprint density at radius 3 is 2.85 bits per heavy atom. The molecule has 0 fully saturated rings. The summed E-state index contributed by atoms with van der Waals surface area (Å²) in [5.41, 5.74) is 4.61. The molecule has 0 bridgehead atoms. The summed E-state index contributed by atoms with van der Waals surface area (Å²) in [6, 6.07) is 14.1. The van der Waals surface area contributed by atoms with Crippen LogP contribution in [0.25, 0.3) is 5.76 Å². The van der Waals surface area contributed by atoms with Crippen molar-refractivity contribution in [3.05, 3.63) is 82.5 Å². The second kappa shape index (κ2) is 6.49. The Morgan fingerprint density at radius 2 is 2.12 bits per heavy atom. The van der Waals surface area contributed by atoms with E-state index in [9.17, 15) is 10.1 Å². The van der Waals surface area contributed by atoms with Crippen molar-refractivity contribution in [1.29, 1.82) is 5.26 Å². The minimum atomic E-state index is -0.272. The summed E-state index contributed by atoms with van der Waals surface area (Å²) in [4.78, 5) is 15.9. The standard InChI is InChI=1S/C21H17N3O2/c1-13(25)24-21-18(11-22)19(15-6-4-10-23-12-15)17-9-8-14-5-2-3-7-16(14)20(17)26-21/h2-7,10,12,19H,8-9H2,1H3,(H,24,25).